The fourth-order valence-corrected chi connectivity index (χ4v) is 2.88. The molecule has 1 amide bonds. The Bertz CT molecular complexity index is 921. The van der Waals surface area contributed by atoms with Crippen molar-refractivity contribution in [1.29, 1.82) is 0 Å². The summed E-state index contributed by atoms with van der Waals surface area (Å²) < 4.78 is 0. The SMILES string of the molecule is CC(C)C[C@H](CO)NC(=O)c1cccc(-c2nc(N)nc3nc[nH]c23)c1. The smallest absolute Gasteiger partial charge is 0.251 e. The summed E-state index contributed by atoms with van der Waals surface area (Å²) in [6.45, 7) is 4.00. The number of hydrogen-bond donors (Lipinski definition) is 4. The Morgan fingerprint density at radius 3 is 2.88 bits per heavy atom. The van der Waals surface area contributed by atoms with Crippen LogP contribution in [-0.4, -0.2) is 43.6 Å². The monoisotopic (exact) mass is 354 g/mol. The highest BCUT2D eigenvalue weighted by Crippen LogP contribution is 2.25. The second-order valence-corrected chi connectivity index (χ2v) is 6.59. The third-order valence-corrected chi connectivity index (χ3v) is 4.01. The molecular formula is C18H22N6O2. The van der Waals surface area contributed by atoms with Gasteiger partial charge in [0.25, 0.3) is 5.91 Å². The van der Waals surface area contributed by atoms with E-state index in [9.17, 15) is 9.90 Å². The van der Waals surface area contributed by atoms with Gasteiger partial charge in [-0.05, 0) is 24.5 Å². The molecule has 5 N–H and O–H groups in total. The van der Waals surface area contributed by atoms with E-state index >= 15 is 0 Å². The van der Waals surface area contributed by atoms with Crippen molar-refractivity contribution in [3.8, 4) is 11.3 Å². The molecule has 1 aromatic carbocycles. The van der Waals surface area contributed by atoms with Crippen LogP contribution in [0.4, 0.5) is 5.95 Å². The molecule has 26 heavy (non-hydrogen) atoms. The van der Waals surface area contributed by atoms with Crippen LogP contribution in [0.15, 0.2) is 30.6 Å². The van der Waals surface area contributed by atoms with Gasteiger partial charge in [0.15, 0.2) is 5.65 Å². The third kappa shape index (κ3) is 3.80. The normalized spacial score (nSPS) is 12.5. The first-order chi connectivity index (χ1) is 12.5. The molecule has 0 saturated carbocycles. The second-order valence-electron chi connectivity index (χ2n) is 6.59. The largest absolute Gasteiger partial charge is 0.394 e. The molecule has 0 fully saturated rings. The van der Waals surface area contributed by atoms with Crippen LogP contribution in [0.2, 0.25) is 0 Å². The minimum atomic E-state index is -0.278. The van der Waals surface area contributed by atoms with E-state index in [-0.39, 0.29) is 24.5 Å². The summed E-state index contributed by atoms with van der Waals surface area (Å²) in [6.07, 6.45) is 2.23. The molecule has 136 valence electrons. The number of nitrogen functional groups attached to an aromatic ring is 1. The predicted octanol–water partition coefficient (Wildman–Crippen LogP) is 1.74. The van der Waals surface area contributed by atoms with Crippen LogP contribution in [0, 0.1) is 5.92 Å². The van der Waals surface area contributed by atoms with E-state index in [4.69, 9.17) is 5.73 Å². The van der Waals surface area contributed by atoms with Crippen molar-refractivity contribution in [2.45, 2.75) is 26.3 Å². The van der Waals surface area contributed by atoms with Crippen molar-refractivity contribution in [3.63, 3.8) is 0 Å². The first-order valence-corrected chi connectivity index (χ1v) is 8.46. The molecule has 0 saturated heterocycles. The maximum absolute atomic E-state index is 12.6. The van der Waals surface area contributed by atoms with Crippen molar-refractivity contribution in [3.05, 3.63) is 36.2 Å². The molecule has 8 nitrogen and oxygen atoms in total. The molecule has 1 atom stereocenters. The number of H-pyrrole nitrogens is 1. The van der Waals surface area contributed by atoms with Crippen molar-refractivity contribution in [2.75, 3.05) is 12.3 Å². The van der Waals surface area contributed by atoms with Gasteiger partial charge in [0.1, 0.15) is 11.2 Å². The van der Waals surface area contributed by atoms with Gasteiger partial charge in [0.05, 0.1) is 19.0 Å². The fraction of sp³-hybridized carbons (Fsp3) is 0.333. The molecule has 8 heteroatoms. The first-order valence-electron chi connectivity index (χ1n) is 8.46. The van der Waals surface area contributed by atoms with Gasteiger partial charge in [-0.1, -0.05) is 26.0 Å². The van der Waals surface area contributed by atoms with Crippen LogP contribution in [0.5, 0.6) is 0 Å². The van der Waals surface area contributed by atoms with Gasteiger partial charge in [0, 0.05) is 11.1 Å². The standard InChI is InChI=1S/C18H22N6O2/c1-10(2)6-13(8-25)22-17(26)12-5-3-4-11(7-12)14-15-16(21-9-20-15)24-18(19)23-14/h3-5,7,9-10,13,25H,6,8H2,1-2H3,(H,22,26)(H3,19,20,21,23,24)/t13-/m1/s1. The number of imidazole rings is 1. The lowest BCUT2D eigenvalue weighted by Gasteiger charge is -2.18. The topological polar surface area (TPSA) is 130 Å². The van der Waals surface area contributed by atoms with Crippen LogP contribution in [-0.2, 0) is 0 Å². The molecule has 0 spiro atoms. The Labute approximate surface area is 150 Å². The zero-order valence-electron chi connectivity index (χ0n) is 14.7. The Kier molecular flexibility index (Phi) is 5.13. The van der Waals surface area contributed by atoms with Crippen molar-refractivity contribution in [2.24, 2.45) is 5.92 Å². The summed E-state index contributed by atoms with van der Waals surface area (Å²) in [7, 11) is 0. The van der Waals surface area contributed by atoms with Gasteiger partial charge in [-0.3, -0.25) is 4.79 Å². The predicted molar refractivity (Wildman–Crippen MR) is 99.3 cm³/mol. The Morgan fingerprint density at radius 2 is 2.15 bits per heavy atom. The highest BCUT2D eigenvalue weighted by Gasteiger charge is 2.16. The summed E-state index contributed by atoms with van der Waals surface area (Å²) in [5, 5.41) is 12.3. The number of carbonyl (C=O) groups is 1. The number of hydrogen-bond acceptors (Lipinski definition) is 6. The molecule has 0 aliphatic carbocycles. The molecule has 0 aliphatic rings. The Hall–Kier alpha value is -3.00. The molecule has 2 heterocycles. The zero-order chi connectivity index (χ0) is 18.7. The third-order valence-electron chi connectivity index (χ3n) is 4.01. The molecule has 3 rings (SSSR count). The summed E-state index contributed by atoms with van der Waals surface area (Å²) in [5.74, 6) is 0.248. The Balaban J connectivity index is 1.90. The highest BCUT2D eigenvalue weighted by molar-refractivity contribution is 5.97. The van der Waals surface area contributed by atoms with Gasteiger partial charge in [-0.2, -0.15) is 4.98 Å². The number of aromatic nitrogens is 4. The van der Waals surface area contributed by atoms with Crippen LogP contribution in [0.25, 0.3) is 22.4 Å². The first kappa shape index (κ1) is 17.8. The zero-order valence-corrected chi connectivity index (χ0v) is 14.7. The molecule has 2 aromatic heterocycles. The lowest BCUT2D eigenvalue weighted by Crippen LogP contribution is -2.38. The quantitative estimate of drug-likeness (QED) is 0.533. The number of aromatic amines is 1. The van der Waals surface area contributed by atoms with E-state index in [0.717, 1.165) is 5.56 Å². The van der Waals surface area contributed by atoms with Gasteiger partial charge in [0.2, 0.25) is 5.95 Å². The molecule has 0 radical (unpaired) electrons. The van der Waals surface area contributed by atoms with E-state index in [0.29, 0.717) is 34.8 Å². The summed E-state index contributed by atoms with van der Waals surface area (Å²) in [6, 6.07) is 6.80. The van der Waals surface area contributed by atoms with Gasteiger partial charge < -0.3 is 21.1 Å². The number of aliphatic hydroxyl groups is 1. The number of carbonyl (C=O) groups excluding carboxylic acids is 1. The number of nitrogens with two attached hydrogens (primary N) is 1. The maximum Gasteiger partial charge on any atom is 0.251 e. The van der Waals surface area contributed by atoms with E-state index in [1.165, 1.54) is 6.33 Å². The van der Waals surface area contributed by atoms with E-state index in [2.05, 4.69) is 25.3 Å². The summed E-state index contributed by atoms with van der Waals surface area (Å²) in [5.41, 5.74) is 8.69. The molecule has 0 unspecified atom stereocenters. The number of nitrogens with zero attached hydrogens (tertiary/aromatic N) is 3. The average molecular weight is 354 g/mol. The van der Waals surface area contributed by atoms with Crippen LogP contribution >= 0.6 is 0 Å². The average Bonchev–Trinajstić information content (AvgIpc) is 3.08. The number of nitrogens with one attached hydrogen (secondary N) is 2. The van der Waals surface area contributed by atoms with Crippen molar-refractivity contribution < 1.29 is 9.90 Å². The summed E-state index contributed by atoms with van der Waals surface area (Å²) in [4.78, 5) is 28.0. The van der Waals surface area contributed by atoms with E-state index in [1.807, 2.05) is 19.9 Å². The fourth-order valence-electron chi connectivity index (χ4n) is 2.88. The number of benzene rings is 1. The van der Waals surface area contributed by atoms with Gasteiger partial charge in [-0.25, -0.2) is 9.97 Å². The van der Waals surface area contributed by atoms with E-state index in [1.54, 1.807) is 18.2 Å². The number of fused-ring (bicyclic) bond motifs is 1. The van der Waals surface area contributed by atoms with Gasteiger partial charge in [-0.15, -0.1) is 0 Å². The number of amides is 1. The van der Waals surface area contributed by atoms with Crippen molar-refractivity contribution in [1.82, 2.24) is 25.3 Å². The Morgan fingerprint density at radius 1 is 1.35 bits per heavy atom. The number of aliphatic hydroxyl groups excluding tert-OH is 1. The minimum absolute atomic E-state index is 0.0964. The minimum Gasteiger partial charge on any atom is -0.394 e. The van der Waals surface area contributed by atoms with Gasteiger partial charge >= 0.3 is 0 Å². The van der Waals surface area contributed by atoms with E-state index < -0.39 is 0 Å². The lowest BCUT2D eigenvalue weighted by molar-refractivity contribution is 0.0908. The van der Waals surface area contributed by atoms with Crippen LogP contribution < -0.4 is 11.1 Å². The molecule has 0 aliphatic heterocycles. The molecular weight excluding hydrogens is 332 g/mol. The maximum atomic E-state index is 12.6. The lowest BCUT2D eigenvalue weighted by atomic mass is 10.0. The molecule has 0 bridgehead atoms. The van der Waals surface area contributed by atoms with Crippen LogP contribution in [0.1, 0.15) is 30.6 Å². The number of rotatable bonds is 6. The second kappa shape index (κ2) is 7.49. The number of anilines is 1. The summed E-state index contributed by atoms with van der Waals surface area (Å²) >= 11 is 0. The highest BCUT2D eigenvalue weighted by atomic mass is 16.3. The van der Waals surface area contributed by atoms with Crippen LogP contribution in [0.3, 0.4) is 0 Å². The van der Waals surface area contributed by atoms with Crippen molar-refractivity contribution >= 4 is 23.0 Å². The molecule has 3 aromatic rings.